The van der Waals surface area contributed by atoms with Crippen molar-refractivity contribution in [3.63, 3.8) is 0 Å². The Labute approximate surface area is 128 Å². The Morgan fingerprint density at radius 1 is 1.29 bits per heavy atom. The van der Waals surface area contributed by atoms with Crippen molar-refractivity contribution in [2.45, 2.75) is 20.8 Å². The predicted octanol–water partition coefficient (Wildman–Crippen LogP) is 4.38. The molecule has 0 saturated carbocycles. The highest BCUT2D eigenvalue weighted by Crippen LogP contribution is 2.14. The van der Waals surface area contributed by atoms with E-state index in [0.717, 1.165) is 24.2 Å². The molecule has 0 saturated heterocycles. The zero-order valence-corrected chi connectivity index (χ0v) is 13.4. The minimum Gasteiger partial charge on any atom is -0.298 e. The third-order valence-electron chi connectivity index (χ3n) is 2.78. The van der Waals surface area contributed by atoms with Gasteiger partial charge in [0, 0.05) is 18.5 Å². The van der Waals surface area contributed by atoms with Crippen LogP contribution in [0.15, 0.2) is 43.0 Å². The Hall–Kier alpha value is -1.85. The van der Waals surface area contributed by atoms with Crippen LogP contribution in [0, 0.1) is 23.1 Å². The van der Waals surface area contributed by atoms with E-state index >= 15 is 0 Å². The third kappa shape index (κ3) is 7.48. The molecule has 0 fully saturated rings. The van der Waals surface area contributed by atoms with Gasteiger partial charge < -0.3 is 0 Å². The van der Waals surface area contributed by atoms with E-state index in [1.165, 1.54) is 12.1 Å². The lowest BCUT2D eigenvalue weighted by atomic mass is 9.98. The van der Waals surface area contributed by atoms with Gasteiger partial charge in [-0.1, -0.05) is 36.6 Å². The van der Waals surface area contributed by atoms with Crippen molar-refractivity contribution in [2.75, 3.05) is 20.1 Å². The Balaban J connectivity index is 2.44. The summed E-state index contributed by atoms with van der Waals surface area (Å²) in [4.78, 5) is 2.14. The van der Waals surface area contributed by atoms with Crippen molar-refractivity contribution >= 4 is 5.57 Å². The summed E-state index contributed by atoms with van der Waals surface area (Å²) in [5.41, 5.74) is 1.99. The molecule has 0 aliphatic rings. The average molecular weight is 285 g/mol. The second-order valence-corrected chi connectivity index (χ2v) is 6.23. The maximum atomic E-state index is 12.9. The first-order valence-corrected chi connectivity index (χ1v) is 7.08. The maximum Gasteiger partial charge on any atom is 0.123 e. The molecule has 0 unspecified atom stereocenters. The number of hydrogen-bond donors (Lipinski definition) is 0. The molecule has 0 heterocycles. The summed E-state index contributed by atoms with van der Waals surface area (Å²) in [6.45, 7) is 11.9. The van der Waals surface area contributed by atoms with E-state index < -0.39 is 0 Å². The van der Waals surface area contributed by atoms with Gasteiger partial charge in [0.15, 0.2) is 0 Å². The molecule has 0 amide bonds. The lowest BCUT2D eigenvalue weighted by Gasteiger charge is -2.16. The Morgan fingerprint density at radius 3 is 2.48 bits per heavy atom. The number of nitrogens with zero attached hydrogens (tertiary/aromatic N) is 1. The molecule has 0 atom stereocenters. The SMILES string of the molecule is C=C(CN(C)CC=CC#CC(C)(C)C)c1ccc(F)cc1. The Morgan fingerprint density at radius 2 is 1.90 bits per heavy atom. The number of allylic oxidation sites excluding steroid dienone is 1. The molecule has 0 N–H and O–H groups in total. The van der Waals surface area contributed by atoms with Crippen molar-refractivity contribution in [3.8, 4) is 11.8 Å². The van der Waals surface area contributed by atoms with E-state index in [-0.39, 0.29) is 11.2 Å². The van der Waals surface area contributed by atoms with Crippen LogP contribution in [-0.2, 0) is 0 Å². The average Bonchev–Trinajstić information content (AvgIpc) is 2.37. The van der Waals surface area contributed by atoms with Gasteiger partial charge >= 0.3 is 0 Å². The van der Waals surface area contributed by atoms with Crippen LogP contribution in [0.2, 0.25) is 0 Å². The molecule has 0 aromatic heterocycles. The molecule has 112 valence electrons. The van der Waals surface area contributed by atoms with Crippen LogP contribution in [0.3, 0.4) is 0 Å². The topological polar surface area (TPSA) is 3.24 Å². The minimum atomic E-state index is -0.222. The van der Waals surface area contributed by atoms with Crippen LogP contribution in [0.5, 0.6) is 0 Å². The van der Waals surface area contributed by atoms with Gasteiger partial charge in [-0.05, 0) is 57.2 Å². The standard InChI is InChI=1S/C19H24FN/c1-16(17-9-11-18(20)12-10-17)15-21(5)14-8-6-7-13-19(2,3)4/h6,8-12H,1,14-15H2,2-5H3. The first-order chi connectivity index (χ1) is 9.78. The molecule has 0 aliphatic heterocycles. The highest BCUT2D eigenvalue weighted by atomic mass is 19.1. The highest BCUT2D eigenvalue weighted by molar-refractivity contribution is 5.64. The number of benzene rings is 1. The second-order valence-electron chi connectivity index (χ2n) is 6.23. The maximum absolute atomic E-state index is 12.9. The van der Waals surface area contributed by atoms with Gasteiger partial charge in [-0.3, -0.25) is 4.90 Å². The minimum absolute atomic E-state index is 0.0348. The quantitative estimate of drug-likeness (QED) is 0.726. The number of likely N-dealkylation sites (N-methyl/N-ethyl adjacent to an activating group) is 1. The van der Waals surface area contributed by atoms with Gasteiger partial charge in [-0.25, -0.2) is 4.39 Å². The number of halogens is 1. The fraction of sp³-hybridized carbons (Fsp3) is 0.368. The van der Waals surface area contributed by atoms with E-state index in [4.69, 9.17) is 0 Å². The third-order valence-corrected chi connectivity index (χ3v) is 2.78. The van der Waals surface area contributed by atoms with E-state index in [2.05, 4.69) is 44.1 Å². The van der Waals surface area contributed by atoms with E-state index in [0.29, 0.717) is 0 Å². The molecule has 0 spiro atoms. The Bertz CT molecular complexity index is 550. The summed E-state index contributed by atoms with van der Waals surface area (Å²) in [5.74, 6) is 5.99. The van der Waals surface area contributed by atoms with Crippen LogP contribution in [0.4, 0.5) is 4.39 Å². The van der Waals surface area contributed by atoms with Gasteiger partial charge in [-0.15, -0.1) is 0 Å². The van der Waals surface area contributed by atoms with Gasteiger partial charge in [0.05, 0.1) is 0 Å². The molecular weight excluding hydrogens is 261 g/mol. The molecule has 0 radical (unpaired) electrons. The zero-order valence-electron chi connectivity index (χ0n) is 13.4. The summed E-state index contributed by atoms with van der Waals surface area (Å²) >= 11 is 0. The van der Waals surface area contributed by atoms with Gasteiger partial charge in [0.2, 0.25) is 0 Å². The Kier molecular flexibility index (Phi) is 6.39. The summed E-state index contributed by atoms with van der Waals surface area (Å²) in [7, 11) is 2.02. The molecule has 1 aromatic rings. The van der Waals surface area contributed by atoms with Crippen LogP contribution >= 0.6 is 0 Å². The zero-order chi connectivity index (χ0) is 15.9. The smallest absolute Gasteiger partial charge is 0.123 e. The molecule has 1 rings (SSSR count). The fourth-order valence-electron chi connectivity index (χ4n) is 1.72. The van der Waals surface area contributed by atoms with Crippen molar-refractivity contribution in [3.05, 3.63) is 54.4 Å². The van der Waals surface area contributed by atoms with Crippen LogP contribution in [0.25, 0.3) is 5.57 Å². The monoisotopic (exact) mass is 285 g/mol. The second kappa shape index (κ2) is 7.81. The summed E-state index contributed by atoms with van der Waals surface area (Å²) in [6, 6.07) is 6.44. The summed E-state index contributed by atoms with van der Waals surface area (Å²) in [5, 5.41) is 0. The van der Waals surface area contributed by atoms with Crippen LogP contribution in [0.1, 0.15) is 26.3 Å². The van der Waals surface area contributed by atoms with Gasteiger partial charge in [0.1, 0.15) is 5.82 Å². The summed E-state index contributed by atoms with van der Waals surface area (Å²) < 4.78 is 12.9. The lowest BCUT2D eigenvalue weighted by molar-refractivity contribution is 0.419. The first-order valence-electron chi connectivity index (χ1n) is 7.08. The predicted molar refractivity (Wildman–Crippen MR) is 89.3 cm³/mol. The van der Waals surface area contributed by atoms with Crippen LogP contribution < -0.4 is 0 Å². The van der Waals surface area contributed by atoms with E-state index in [9.17, 15) is 4.39 Å². The van der Waals surface area contributed by atoms with Crippen molar-refractivity contribution in [1.29, 1.82) is 0 Å². The molecule has 0 bridgehead atoms. The fourth-order valence-corrected chi connectivity index (χ4v) is 1.72. The van der Waals surface area contributed by atoms with Gasteiger partial charge in [-0.2, -0.15) is 0 Å². The molecule has 21 heavy (non-hydrogen) atoms. The molecule has 1 nitrogen and oxygen atoms in total. The molecule has 1 aromatic carbocycles. The van der Waals surface area contributed by atoms with Crippen molar-refractivity contribution in [2.24, 2.45) is 5.41 Å². The van der Waals surface area contributed by atoms with E-state index in [1.807, 2.05) is 19.2 Å². The molecular formula is C19H24FN. The first kappa shape index (κ1) is 17.2. The number of rotatable bonds is 5. The van der Waals surface area contributed by atoms with Crippen molar-refractivity contribution < 1.29 is 4.39 Å². The van der Waals surface area contributed by atoms with Crippen molar-refractivity contribution in [1.82, 2.24) is 4.90 Å². The number of hydrogen-bond acceptors (Lipinski definition) is 1. The van der Waals surface area contributed by atoms with Crippen LogP contribution in [-0.4, -0.2) is 25.0 Å². The highest BCUT2D eigenvalue weighted by Gasteiger charge is 2.03. The van der Waals surface area contributed by atoms with E-state index in [1.54, 1.807) is 12.1 Å². The normalized spacial score (nSPS) is 11.5. The largest absolute Gasteiger partial charge is 0.298 e. The van der Waals surface area contributed by atoms with Gasteiger partial charge in [0.25, 0.3) is 0 Å². The molecule has 0 aliphatic carbocycles. The molecule has 2 heteroatoms. The lowest BCUT2D eigenvalue weighted by Crippen LogP contribution is -2.20. The summed E-state index contributed by atoms with van der Waals surface area (Å²) in [6.07, 6.45) is 3.93.